The van der Waals surface area contributed by atoms with Gasteiger partial charge >= 0.3 is 0 Å². The Labute approximate surface area is 423 Å². The van der Waals surface area contributed by atoms with Gasteiger partial charge in [0.15, 0.2) is 34.9 Å². The number of benzene rings is 9. The zero-order valence-corrected chi connectivity index (χ0v) is 39.7. The van der Waals surface area contributed by atoms with Crippen LogP contribution in [0.2, 0.25) is 0 Å². The molecule has 3 aliphatic carbocycles. The van der Waals surface area contributed by atoms with Gasteiger partial charge in [0.05, 0.1) is 5.41 Å². The summed E-state index contributed by atoms with van der Waals surface area (Å²) in [6.45, 7) is 0. The average Bonchev–Trinajstić information content (AvgIpc) is 3.96. The molecule has 0 bridgehead atoms. The van der Waals surface area contributed by atoms with Crippen molar-refractivity contribution < 1.29 is 0 Å². The molecule has 3 aliphatic rings. The van der Waals surface area contributed by atoms with Crippen molar-refractivity contribution in [3.05, 3.63) is 271 Å². The van der Waals surface area contributed by atoms with Gasteiger partial charge in [0.25, 0.3) is 0 Å². The van der Waals surface area contributed by atoms with E-state index in [1.54, 1.807) is 0 Å². The van der Waals surface area contributed by atoms with Crippen molar-refractivity contribution in [2.75, 3.05) is 0 Å². The van der Waals surface area contributed by atoms with Crippen molar-refractivity contribution in [1.29, 1.82) is 0 Å². The van der Waals surface area contributed by atoms with Crippen molar-refractivity contribution in [3.8, 4) is 102 Å². The van der Waals surface area contributed by atoms with Crippen molar-refractivity contribution >= 4 is 5.57 Å². The minimum absolute atomic E-state index is 0.608. The molecule has 0 N–H and O–H groups in total. The molecule has 0 amide bonds. The zero-order chi connectivity index (χ0) is 48.3. The number of hydrogen-bond donors (Lipinski definition) is 0. The van der Waals surface area contributed by atoms with Crippen LogP contribution >= 0.6 is 0 Å². The average molecular weight is 933 g/mol. The van der Waals surface area contributed by atoms with E-state index in [9.17, 15) is 0 Å². The maximum Gasteiger partial charge on any atom is 0.164 e. The van der Waals surface area contributed by atoms with Gasteiger partial charge in [0, 0.05) is 33.4 Å². The van der Waals surface area contributed by atoms with E-state index in [-0.39, 0.29) is 0 Å². The van der Waals surface area contributed by atoms with Crippen LogP contribution in [0, 0.1) is 0 Å². The van der Waals surface area contributed by atoms with Gasteiger partial charge in [-0.05, 0) is 91.7 Å². The molecule has 6 nitrogen and oxygen atoms in total. The lowest BCUT2D eigenvalue weighted by atomic mass is 9.70. The summed E-state index contributed by atoms with van der Waals surface area (Å²) in [6.07, 6.45) is 8.67. The fourth-order valence-corrected chi connectivity index (χ4v) is 11.2. The van der Waals surface area contributed by atoms with Crippen molar-refractivity contribution in [2.24, 2.45) is 0 Å². The summed E-state index contributed by atoms with van der Waals surface area (Å²) in [6, 6.07) is 79.3. The Kier molecular flexibility index (Phi) is 10.1. The first-order chi connectivity index (χ1) is 36.2. The summed E-state index contributed by atoms with van der Waals surface area (Å²) in [4.78, 5) is 31.3. The Morgan fingerprint density at radius 2 is 0.603 bits per heavy atom. The molecule has 9 aromatic carbocycles. The Bertz CT molecular complexity index is 3980. The maximum atomic E-state index is 5.29. The van der Waals surface area contributed by atoms with E-state index in [1.165, 1.54) is 55.6 Å². The van der Waals surface area contributed by atoms with Crippen LogP contribution < -0.4 is 0 Å². The quantitative estimate of drug-likeness (QED) is 0.151. The SMILES string of the molecule is C1=CCCC(c2ccc(-c3nc(-c4ccccc4)nc(-c4ccc5c(c4)C4(c6ccccc6-5)c5ccccc5-c5ccc(-c6nc(-c7ccccc7)nc(-c7ccc(-c8ccccc8)cc7)n6)cc54)n3)cc2)=C1. The number of fused-ring (bicyclic) bond motifs is 10. The third-order valence-corrected chi connectivity index (χ3v) is 14.7. The monoisotopic (exact) mass is 932 g/mol. The molecule has 2 aromatic heterocycles. The predicted molar refractivity (Wildman–Crippen MR) is 294 cm³/mol. The molecule has 0 aliphatic heterocycles. The lowest BCUT2D eigenvalue weighted by Gasteiger charge is -2.31. The summed E-state index contributed by atoms with van der Waals surface area (Å²) in [5, 5.41) is 0. The molecule has 73 heavy (non-hydrogen) atoms. The van der Waals surface area contributed by atoms with Gasteiger partial charge in [0.1, 0.15) is 0 Å². The fraction of sp³-hybridized carbons (Fsp3) is 0.0448. The first kappa shape index (κ1) is 42.4. The molecular formula is C67H44N6. The summed E-state index contributed by atoms with van der Waals surface area (Å²) in [5.74, 6) is 3.72. The van der Waals surface area contributed by atoms with Gasteiger partial charge in [-0.3, -0.25) is 0 Å². The van der Waals surface area contributed by atoms with Crippen molar-refractivity contribution in [2.45, 2.75) is 18.3 Å². The summed E-state index contributed by atoms with van der Waals surface area (Å²) < 4.78 is 0. The Balaban J connectivity index is 0.940. The van der Waals surface area contributed by atoms with E-state index in [0.717, 1.165) is 57.3 Å². The third kappa shape index (κ3) is 7.17. The number of hydrogen-bond acceptors (Lipinski definition) is 6. The Morgan fingerprint density at radius 1 is 0.274 bits per heavy atom. The van der Waals surface area contributed by atoms with Gasteiger partial charge in [0.2, 0.25) is 0 Å². The first-order valence-electron chi connectivity index (χ1n) is 24.9. The normalized spacial score (nSPS) is 14.8. The summed E-state index contributed by atoms with van der Waals surface area (Å²) in [5.41, 5.74) is 19.3. The molecule has 6 heteroatoms. The number of aromatic nitrogens is 6. The van der Waals surface area contributed by atoms with Gasteiger partial charge in [-0.25, -0.2) is 29.9 Å². The summed E-state index contributed by atoms with van der Waals surface area (Å²) in [7, 11) is 0. The van der Waals surface area contributed by atoms with Crippen LogP contribution in [0.25, 0.3) is 107 Å². The van der Waals surface area contributed by atoms with E-state index in [2.05, 4.69) is 200 Å². The molecule has 0 fully saturated rings. The second-order valence-electron chi connectivity index (χ2n) is 18.9. The molecule has 1 atom stereocenters. The van der Waals surface area contributed by atoms with Crippen LogP contribution in [0.15, 0.2) is 243 Å². The predicted octanol–water partition coefficient (Wildman–Crippen LogP) is 15.8. The molecule has 0 saturated carbocycles. The molecule has 1 spiro atoms. The van der Waals surface area contributed by atoms with Crippen molar-refractivity contribution in [3.63, 3.8) is 0 Å². The summed E-state index contributed by atoms with van der Waals surface area (Å²) >= 11 is 0. The molecule has 0 saturated heterocycles. The highest BCUT2D eigenvalue weighted by molar-refractivity contribution is 5.96. The fourth-order valence-electron chi connectivity index (χ4n) is 11.2. The Hall–Kier alpha value is -9.52. The number of nitrogens with zero attached hydrogens (tertiary/aromatic N) is 6. The second kappa shape index (κ2) is 17.4. The van der Waals surface area contributed by atoms with Gasteiger partial charge in [-0.1, -0.05) is 231 Å². The minimum atomic E-state index is -0.674. The van der Waals surface area contributed by atoms with Crippen molar-refractivity contribution in [1.82, 2.24) is 29.9 Å². The van der Waals surface area contributed by atoms with E-state index >= 15 is 0 Å². The molecule has 342 valence electrons. The van der Waals surface area contributed by atoms with E-state index < -0.39 is 5.41 Å². The highest BCUT2D eigenvalue weighted by Crippen LogP contribution is 2.63. The van der Waals surface area contributed by atoms with Crippen LogP contribution in [-0.4, -0.2) is 29.9 Å². The van der Waals surface area contributed by atoms with Crippen LogP contribution in [-0.2, 0) is 5.41 Å². The molecule has 1 unspecified atom stereocenters. The smallest absolute Gasteiger partial charge is 0.164 e. The number of allylic oxidation sites excluding steroid dienone is 4. The van der Waals surface area contributed by atoms with Crippen LogP contribution in [0.1, 0.15) is 40.7 Å². The van der Waals surface area contributed by atoms with Gasteiger partial charge < -0.3 is 0 Å². The molecule has 0 radical (unpaired) electrons. The largest absolute Gasteiger partial charge is 0.208 e. The van der Waals surface area contributed by atoms with E-state index in [4.69, 9.17) is 29.9 Å². The molecule has 2 heterocycles. The highest BCUT2D eigenvalue weighted by atomic mass is 15.0. The third-order valence-electron chi connectivity index (χ3n) is 14.7. The molecule has 11 aromatic rings. The second-order valence-corrected chi connectivity index (χ2v) is 18.9. The van der Waals surface area contributed by atoms with Gasteiger partial charge in [-0.2, -0.15) is 0 Å². The lowest BCUT2D eigenvalue weighted by Crippen LogP contribution is -2.26. The first-order valence-corrected chi connectivity index (χ1v) is 24.9. The molecular weight excluding hydrogens is 889 g/mol. The van der Waals surface area contributed by atoms with E-state index in [0.29, 0.717) is 34.9 Å². The van der Waals surface area contributed by atoms with Crippen LogP contribution in [0.5, 0.6) is 0 Å². The standard InChI is InChI=1S/C67H44N6/c1-5-17-43(18-6-1)45-29-33-49(34-30-45)63-68-61(47-21-9-3-10-22-47)70-65(72-63)51-37-39-55-53-25-13-15-27-57(53)67(59(55)41-51)58-28-16-14-26-54(58)56-40-38-52(42-60(56)67)66-71-62(48-23-11-4-12-24-48)69-64(73-66)50-35-31-46(32-36-50)44-19-7-2-8-20-44/h1-7,9-19,21-42H,8,20H2. The van der Waals surface area contributed by atoms with Crippen LogP contribution in [0.4, 0.5) is 0 Å². The Morgan fingerprint density at radius 3 is 1.04 bits per heavy atom. The minimum Gasteiger partial charge on any atom is -0.208 e. The van der Waals surface area contributed by atoms with Crippen LogP contribution in [0.3, 0.4) is 0 Å². The maximum absolute atomic E-state index is 5.29. The lowest BCUT2D eigenvalue weighted by molar-refractivity contribution is 0.794. The topological polar surface area (TPSA) is 77.3 Å². The molecule has 14 rings (SSSR count). The number of rotatable bonds is 8. The van der Waals surface area contributed by atoms with Gasteiger partial charge in [-0.15, -0.1) is 0 Å². The zero-order valence-electron chi connectivity index (χ0n) is 39.7. The highest BCUT2D eigenvalue weighted by Gasteiger charge is 2.52. The van der Waals surface area contributed by atoms with E-state index in [1.807, 2.05) is 42.5 Å².